The number of likely N-dealkylation sites (tertiary alicyclic amines) is 1. The predicted molar refractivity (Wildman–Crippen MR) is 120 cm³/mol. The SMILES string of the molecule is CC(C)C(NC(=O)Cc1ccccc1)C(=O)N1CCC(CNC(=O)OC(C)(C)C)CC1. The standard InChI is InChI=1S/C24H37N3O4/c1-17(2)21(26-20(28)15-18-9-7-6-8-10-18)22(29)27-13-11-19(12-14-27)16-25-23(30)31-24(3,4)5/h6-10,17,19,21H,11-16H2,1-5H3,(H,25,30)(H,26,28). The van der Waals surface area contributed by atoms with Crippen molar-refractivity contribution >= 4 is 17.9 Å². The van der Waals surface area contributed by atoms with Gasteiger partial charge >= 0.3 is 6.09 Å². The lowest BCUT2D eigenvalue weighted by Crippen LogP contribution is -2.53. The van der Waals surface area contributed by atoms with Gasteiger partial charge in [-0.05, 0) is 51.0 Å². The predicted octanol–water partition coefficient (Wildman–Crippen LogP) is 3.13. The zero-order valence-corrected chi connectivity index (χ0v) is 19.4. The minimum atomic E-state index is -0.535. The zero-order chi connectivity index (χ0) is 23.0. The maximum Gasteiger partial charge on any atom is 0.407 e. The molecule has 0 bridgehead atoms. The number of rotatable bonds is 7. The zero-order valence-electron chi connectivity index (χ0n) is 19.4. The van der Waals surface area contributed by atoms with Crippen LogP contribution >= 0.6 is 0 Å². The van der Waals surface area contributed by atoms with Gasteiger partial charge in [0.2, 0.25) is 11.8 Å². The Bertz CT molecular complexity index is 735. The van der Waals surface area contributed by atoms with Crippen LogP contribution in [0.2, 0.25) is 0 Å². The van der Waals surface area contributed by atoms with E-state index >= 15 is 0 Å². The molecule has 1 aromatic carbocycles. The summed E-state index contributed by atoms with van der Waals surface area (Å²) >= 11 is 0. The third-order valence-corrected chi connectivity index (χ3v) is 5.32. The van der Waals surface area contributed by atoms with Gasteiger partial charge in [0.15, 0.2) is 0 Å². The van der Waals surface area contributed by atoms with E-state index in [9.17, 15) is 14.4 Å². The lowest BCUT2D eigenvalue weighted by Gasteiger charge is -2.35. The Labute approximate surface area is 185 Å². The molecular formula is C24H37N3O4. The van der Waals surface area contributed by atoms with E-state index in [1.54, 1.807) is 0 Å². The van der Waals surface area contributed by atoms with E-state index in [-0.39, 0.29) is 24.2 Å². The maximum absolute atomic E-state index is 13.1. The Kier molecular flexibility index (Phi) is 8.89. The molecule has 1 heterocycles. The molecule has 1 aromatic rings. The van der Waals surface area contributed by atoms with Gasteiger partial charge in [0.25, 0.3) is 0 Å². The van der Waals surface area contributed by atoms with Crippen LogP contribution in [0.15, 0.2) is 30.3 Å². The molecule has 7 heteroatoms. The van der Waals surface area contributed by atoms with Crippen LogP contribution in [-0.2, 0) is 20.7 Å². The number of ether oxygens (including phenoxy) is 1. The monoisotopic (exact) mass is 431 g/mol. The van der Waals surface area contributed by atoms with E-state index in [0.29, 0.717) is 25.6 Å². The Morgan fingerprint density at radius 1 is 1.10 bits per heavy atom. The summed E-state index contributed by atoms with van der Waals surface area (Å²) in [6.07, 6.45) is 1.47. The first kappa shape index (κ1) is 24.7. The van der Waals surface area contributed by atoms with E-state index in [0.717, 1.165) is 18.4 Å². The van der Waals surface area contributed by atoms with Gasteiger partial charge in [-0.25, -0.2) is 4.79 Å². The molecule has 2 N–H and O–H groups in total. The van der Waals surface area contributed by atoms with Crippen LogP contribution in [0.25, 0.3) is 0 Å². The van der Waals surface area contributed by atoms with Crippen LogP contribution in [0, 0.1) is 11.8 Å². The molecule has 7 nitrogen and oxygen atoms in total. The lowest BCUT2D eigenvalue weighted by molar-refractivity contribution is -0.138. The fraction of sp³-hybridized carbons (Fsp3) is 0.625. The third-order valence-electron chi connectivity index (χ3n) is 5.32. The molecular weight excluding hydrogens is 394 g/mol. The van der Waals surface area contributed by atoms with Gasteiger partial charge in [-0.1, -0.05) is 44.2 Å². The summed E-state index contributed by atoms with van der Waals surface area (Å²) < 4.78 is 5.27. The molecule has 1 fully saturated rings. The number of amides is 3. The Morgan fingerprint density at radius 2 is 1.71 bits per heavy atom. The lowest BCUT2D eigenvalue weighted by atomic mass is 9.95. The number of hydrogen-bond acceptors (Lipinski definition) is 4. The van der Waals surface area contributed by atoms with E-state index < -0.39 is 17.7 Å². The largest absolute Gasteiger partial charge is 0.444 e. The molecule has 1 unspecified atom stereocenters. The second-order valence-electron chi connectivity index (χ2n) is 9.60. The van der Waals surface area contributed by atoms with Crippen molar-refractivity contribution in [1.82, 2.24) is 15.5 Å². The van der Waals surface area contributed by atoms with Gasteiger partial charge in [0.1, 0.15) is 11.6 Å². The highest BCUT2D eigenvalue weighted by Gasteiger charge is 2.31. The van der Waals surface area contributed by atoms with Crippen LogP contribution in [0.4, 0.5) is 4.79 Å². The number of hydrogen-bond donors (Lipinski definition) is 2. The van der Waals surface area contributed by atoms with Crippen molar-refractivity contribution in [2.24, 2.45) is 11.8 Å². The van der Waals surface area contributed by atoms with Crippen LogP contribution < -0.4 is 10.6 Å². The maximum atomic E-state index is 13.1. The second kappa shape index (κ2) is 11.2. The molecule has 1 saturated heterocycles. The van der Waals surface area contributed by atoms with Crippen LogP contribution in [0.3, 0.4) is 0 Å². The van der Waals surface area contributed by atoms with Gasteiger partial charge in [-0.15, -0.1) is 0 Å². The summed E-state index contributed by atoms with van der Waals surface area (Å²) in [5.41, 5.74) is 0.407. The number of benzene rings is 1. The summed E-state index contributed by atoms with van der Waals surface area (Å²) in [7, 11) is 0. The third kappa shape index (κ3) is 8.59. The van der Waals surface area contributed by atoms with Gasteiger partial charge in [-0.3, -0.25) is 9.59 Å². The van der Waals surface area contributed by atoms with Crippen molar-refractivity contribution < 1.29 is 19.1 Å². The number of alkyl carbamates (subject to hydrolysis) is 1. The molecule has 1 atom stereocenters. The molecule has 0 spiro atoms. The molecule has 1 aliphatic heterocycles. The van der Waals surface area contributed by atoms with Crippen molar-refractivity contribution in [3.8, 4) is 0 Å². The quantitative estimate of drug-likeness (QED) is 0.694. The Balaban J connectivity index is 1.81. The Hall–Kier alpha value is -2.57. The van der Waals surface area contributed by atoms with E-state index in [4.69, 9.17) is 4.74 Å². The van der Waals surface area contributed by atoms with Gasteiger partial charge < -0.3 is 20.3 Å². The number of carbonyl (C=O) groups excluding carboxylic acids is 3. The molecule has 0 saturated carbocycles. The fourth-order valence-corrected chi connectivity index (χ4v) is 3.62. The molecule has 0 aliphatic carbocycles. The van der Waals surface area contributed by atoms with Gasteiger partial charge in [0.05, 0.1) is 6.42 Å². The van der Waals surface area contributed by atoms with Crippen LogP contribution in [0.1, 0.15) is 53.0 Å². The smallest absolute Gasteiger partial charge is 0.407 e. The van der Waals surface area contributed by atoms with Gasteiger partial charge in [0, 0.05) is 19.6 Å². The molecule has 2 rings (SSSR count). The summed E-state index contributed by atoms with van der Waals surface area (Å²) in [4.78, 5) is 39.2. The summed E-state index contributed by atoms with van der Waals surface area (Å²) in [6, 6.07) is 8.98. The highest BCUT2D eigenvalue weighted by atomic mass is 16.6. The molecule has 0 radical (unpaired) electrons. The molecule has 1 aliphatic rings. The average molecular weight is 432 g/mol. The first-order valence-electron chi connectivity index (χ1n) is 11.1. The minimum absolute atomic E-state index is 0.00113. The van der Waals surface area contributed by atoms with Crippen molar-refractivity contribution in [2.75, 3.05) is 19.6 Å². The van der Waals surface area contributed by atoms with E-state index in [1.807, 2.05) is 69.9 Å². The van der Waals surface area contributed by atoms with Crippen LogP contribution in [0.5, 0.6) is 0 Å². The van der Waals surface area contributed by atoms with Crippen molar-refractivity contribution in [2.45, 2.75) is 65.5 Å². The summed E-state index contributed by atoms with van der Waals surface area (Å²) in [5, 5.41) is 5.75. The number of piperidine rings is 1. The normalized spacial score (nSPS) is 16.0. The molecule has 31 heavy (non-hydrogen) atoms. The fourth-order valence-electron chi connectivity index (χ4n) is 3.62. The van der Waals surface area contributed by atoms with E-state index in [2.05, 4.69) is 10.6 Å². The van der Waals surface area contributed by atoms with Crippen LogP contribution in [-0.4, -0.2) is 54.1 Å². The van der Waals surface area contributed by atoms with Gasteiger partial charge in [-0.2, -0.15) is 0 Å². The average Bonchev–Trinajstić information content (AvgIpc) is 2.69. The molecule has 3 amide bonds. The molecule has 0 aromatic heterocycles. The minimum Gasteiger partial charge on any atom is -0.444 e. The van der Waals surface area contributed by atoms with E-state index in [1.165, 1.54) is 0 Å². The summed E-state index contributed by atoms with van der Waals surface area (Å²) in [6.45, 7) is 11.2. The first-order chi connectivity index (χ1) is 14.5. The number of nitrogens with one attached hydrogen (secondary N) is 2. The number of carbonyl (C=O) groups is 3. The highest BCUT2D eigenvalue weighted by Crippen LogP contribution is 2.19. The van der Waals surface area contributed by atoms with Crippen molar-refractivity contribution in [1.29, 1.82) is 0 Å². The molecule has 172 valence electrons. The first-order valence-corrected chi connectivity index (χ1v) is 11.1. The Morgan fingerprint density at radius 3 is 2.26 bits per heavy atom. The highest BCUT2D eigenvalue weighted by molar-refractivity contribution is 5.88. The van der Waals surface area contributed by atoms with Crippen molar-refractivity contribution in [3.63, 3.8) is 0 Å². The topological polar surface area (TPSA) is 87.7 Å². The number of nitrogens with zero attached hydrogens (tertiary/aromatic N) is 1. The second-order valence-corrected chi connectivity index (χ2v) is 9.60. The van der Waals surface area contributed by atoms with Crippen molar-refractivity contribution in [3.05, 3.63) is 35.9 Å². The summed E-state index contributed by atoms with van der Waals surface area (Å²) in [5.74, 6) is 0.130.